The van der Waals surface area contributed by atoms with Gasteiger partial charge >= 0.3 is 12.1 Å². The maximum atomic E-state index is 11.4. The number of carboxylic acid groups (broad SMARTS) is 1. The van der Waals surface area contributed by atoms with Crippen LogP contribution in [0, 0.1) is 0 Å². The predicted octanol–water partition coefficient (Wildman–Crippen LogP) is -0.197. The first-order chi connectivity index (χ1) is 8.00. The van der Waals surface area contributed by atoms with Crippen molar-refractivity contribution < 1.29 is 28.6 Å². The molecule has 0 aliphatic heterocycles. The van der Waals surface area contributed by atoms with Gasteiger partial charge in [-0.2, -0.15) is 0 Å². The number of amides is 2. The molecular formula is C9H10N2O6. The summed E-state index contributed by atoms with van der Waals surface area (Å²) in [5, 5.41) is 10.9. The summed E-state index contributed by atoms with van der Waals surface area (Å²) in [6, 6.07) is 2.39. The minimum atomic E-state index is -1.26. The number of aromatic carboxylic acids is 1. The van der Waals surface area contributed by atoms with Gasteiger partial charge in [0.25, 0.3) is 5.91 Å². The second kappa shape index (κ2) is 5.54. The van der Waals surface area contributed by atoms with Crippen LogP contribution in [0.1, 0.15) is 21.1 Å². The van der Waals surface area contributed by atoms with Crippen molar-refractivity contribution >= 4 is 18.0 Å². The van der Waals surface area contributed by atoms with Crippen LogP contribution in [0.4, 0.5) is 4.79 Å². The van der Waals surface area contributed by atoms with E-state index in [9.17, 15) is 14.4 Å². The van der Waals surface area contributed by atoms with Crippen molar-refractivity contribution in [1.29, 1.82) is 0 Å². The number of carbonyl (C=O) groups is 3. The van der Waals surface area contributed by atoms with Crippen LogP contribution in [0.3, 0.4) is 0 Å². The molecule has 8 nitrogen and oxygen atoms in total. The number of nitrogens with two attached hydrogens (primary N) is 1. The molecule has 0 unspecified atom stereocenters. The summed E-state index contributed by atoms with van der Waals surface area (Å²) >= 11 is 0. The van der Waals surface area contributed by atoms with Gasteiger partial charge in [-0.05, 0) is 12.1 Å². The van der Waals surface area contributed by atoms with Crippen LogP contribution in [0.2, 0.25) is 0 Å². The van der Waals surface area contributed by atoms with Crippen LogP contribution in [0.25, 0.3) is 0 Å². The second-order valence-electron chi connectivity index (χ2n) is 2.89. The molecule has 1 heterocycles. The molecule has 1 aromatic rings. The summed E-state index contributed by atoms with van der Waals surface area (Å²) in [7, 11) is 0. The van der Waals surface area contributed by atoms with Crippen molar-refractivity contribution in [2.75, 3.05) is 13.2 Å². The number of nitrogens with one attached hydrogen (secondary N) is 1. The van der Waals surface area contributed by atoms with E-state index in [0.717, 1.165) is 6.07 Å². The van der Waals surface area contributed by atoms with Crippen LogP contribution < -0.4 is 11.1 Å². The van der Waals surface area contributed by atoms with Gasteiger partial charge in [0.2, 0.25) is 5.76 Å². The first kappa shape index (κ1) is 12.6. The van der Waals surface area contributed by atoms with Gasteiger partial charge in [0.1, 0.15) is 6.61 Å². The van der Waals surface area contributed by atoms with Crippen molar-refractivity contribution in [3.63, 3.8) is 0 Å². The Morgan fingerprint density at radius 1 is 1.35 bits per heavy atom. The molecule has 0 bridgehead atoms. The second-order valence-corrected chi connectivity index (χ2v) is 2.89. The van der Waals surface area contributed by atoms with Gasteiger partial charge < -0.3 is 25.3 Å². The lowest BCUT2D eigenvalue weighted by Gasteiger charge is -2.02. The number of furan rings is 1. The number of hydrogen-bond donors (Lipinski definition) is 3. The topological polar surface area (TPSA) is 132 Å². The Balaban J connectivity index is 2.41. The molecule has 4 N–H and O–H groups in total. The third kappa shape index (κ3) is 3.86. The Kier molecular flexibility index (Phi) is 4.09. The zero-order chi connectivity index (χ0) is 12.8. The summed E-state index contributed by atoms with van der Waals surface area (Å²) in [4.78, 5) is 32.0. The van der Waals surface area contributed by atoms with Gasteiger partial charge in [0.15, 0.2) is 5.76 Å². The van der Waals surface area contributed by atoms with Gasteiger partial charge in [-0.1, -0.05) is 0 Å². The zero-order valence-corrected chi connectivity index (χ0v) is 8.63. The number of primary amides is 1. The molecule has 92 valence electrons. The Hall–Kier alpha value is -2.51. The normalized spacial score (nSPS) is 9.65. The lowest BCUT2D eigenvalue weighted by Crippen LogP contribution is -2.28. The summed E-state index contributed by atoms with van der Waals surface area (Å²) < 4.78 is 9.11. The number of hydrogen-bond acceptors (Lipinski definition) is 5. The van der Waals surface area contributed by atoms with Crippen LogP contribution >= 0.6 is 0 Å². The van der Waals surface area contributed by atoms with Crippen molar-refractivity contribution in [3.05, 3.63) is 23.7 Å². The third-order valence-electron chi connectivity index (χ3n) is 1.67. The number of ether oxygens (including phenoxy) is 1. The first-order valence-corrected chi connectivity index (χ1v) is 4.54. The predicted molar refractivity (Wildman–Crippen MR) is 53.5 cm³/mol. The minimum absolute atomic E-state index is 0.0465. The molecule has 8 heteroatoms. The van der Waals surface area contributed by atoms with Crippen LogP contribution in [-0.4, -0.2) is 36.2 Å². The monoisotopic (exact) mass is 242 g/mol. The fourth-order valence-electron chi connectivity index (χ4n) is 0.978. The van der Waals surface area contributed by atoms with Crippen LogP contribution in [-0.2, 0) is 4.74 Å². The molecule has 0 aliphatic carbocycles. The van der Waals surface area contributed by atoms with E-state index < -0.39 is 18.0 Å². The quantitative estimate of drug-likeness (QED) is 0.612. The summed E-state index contributed by atoms with van der Waals surface area (Å²) in [6.07, 6.45) is -0.939. The van der Waals surface area contributed by atoms with Gasteiger partial charge in [-0.25, -0.2) is 9.59 Å². The Labute approximate surface area is 95.3 Å². The van der Waals surface area contributed by atoms with Crippen molar-refractivity contribution in [2.24, 2.45) is 5.73 Å². The SMILES string of the molecule is NC(=O)OCCNC(=O)c1ccc(C(=O)O)o1. The highest BCUT2D eigenvalue weighted by atomic mass is 16.5. The molecule has 0 atom stereocenters. The van der Waals surface area contributed by atoms with E-state index >= 15 is 0 Å². The molecule has 0 fully saturated rings. The number of carboxylic acids is 1. The van der Waals surface area contributed by atoms with Gasteiger partial charge in [-0.15, -0.1) is 0 Å². The van der Waals surface area contributed by atoms with Gasteiger partial charge in [-0.3, -0.25) is 4.79 Å². The number of carbonyl (C=O) groups excluding carboxylic acids is 2. The largest absolute Gasteiger partial charge is 0.475 e. The molecule has 0 aliphatic rings. The molecule has 0 saturated heterocycles. The lowest BCUT2D eigenvalue weighted by atomic mass is 10.4. The average Bonchev–Trinajstić information content (AvgIpc) is 2.73. The van der Waals surface area contributed by atoms with E-state index in [4.69, 9.17) is 15.3 Å². The van der Waals surface area contributed by atoms with E-state index in [1.807, 2.05) is 0 Å². The van der Waals surface area contributed by atoms with Gasteiger partial charge in [0.05, 0.1) is 6.54 Å². The molecule has 1 aromatic heterocycles. The van der Waals surface area contributed by atoms with E-state index in [1.54, 1.807) is 0 Å². The molecule has 1 rings (SSSR count). The van der Waals surface area contributed by atoms with Crippen molar-refractivity contribution in [3.8, 4) is 0 Å². The smallest absolute Gasteiger partial charge is 0.404 e. The van der Waals surface area contributed by atoms with E-state index in [2.05, 4.69) is 10.1 Å². The minimum Gasteiger partial charge on any atom is -0.475 e. The number of rotatable bonds is 5. The molecule has 0 spiro atoms. The highest BCUT2D eigenvalue weighted by Gasteiger charge is 2.14. The molecule has 0 saturated carbocycles. The molecule has 17 heavy (non-hydrogen) atoms. The Bertz CT molecular complexity index is 438. The summed E-state index contributed by atoms with van der Waals surface area (Å²) in [6.45, 7) is -0.0293. The first-order valence-electron chi connectivity index (χ1n) is 4.54. The maximum absolute atomic E-state index is 11.4. The molecule has 0 radical (unpaired) electrons. The highest BCUT2D eigenvalue weighted by Crippen LogP contribution is 2.07. The van der Waals surface area contributed by atoms with Gasteiger partial charge in [0, 0.05) is 0 Å². The lowest BCUT2D eigenvalue weighted by molar-refractivity contribution is 0.0659. The Morgan fingerprint density at radius 3 is 2.53 bits per heavy atom. The van der Waals surface area contributed by atoms with E-state index in [1.165, 1.54) is 6.07 Å². The van der Waals surface area contributed by atoms with Crippen molar-refractivity contribution in [1.82, 2.24) is 5.32 Å². The fourth-order valence-corrected chi connectivity index (χ4v) is 0.978. The zero-order valence-electron chi connectivity index (χ0n) is 8.63. The van der Waals surface area contributed by atoms with E-state index in [0.29, 0.717) is 0 Å². The van der Waals surface area contributed by atoms with Crippen LogP contribution in [0.5, 0.6) is 0 Å². The van der Waals surface area contributed by atoms with Crippen LogP contribution in [0.15, 0.2) is 16.5 Å². The summed E-state index contributed by atoms with van der Waals surface area (Å²) in [5.74, 6) is -2.34. The highest BCUT2D eigenvalue weighted by molar-refractivity contribution is 5.93. The average molecular weight is 242 g/mol. The third-order valence-corrected chi connectivity index (χ3v) is 1.67. The Morgan fingerprint density at radius 2 is 2.00 bits per heavy atom. The standard InChI is InChI=1S/C9H10N2O6/c10-9(15)16-4-3-11-7(12)5-1-2-6(17-5)8(13)14/h1-2H,3-4H2,(H2,10,15)(H,11,12)(H,13,14). The van der Waals surface area contributed by atoms with E-state index in [-0.39, 0.29) is 24.7 Å². The summed E-state index contributed by atoms with van der Waals surface area (Å²) in [5.41, 5.74) is 4.70. The van der Waals surface area contributed by atoms with Crippen molar-refractivity contribution in [2.45, 2.75) is 0 Å². The maximum Gasteiger partial charge on any atom is 0.404 e. The molecule has 2 amide bonds. The fraction of sp³-hybridized carbons (Fsp3) is 0.222. The molecule has 0 aromatic carbocycles. The molecular weight excluding hydrogens is 232 g/mol.